The standard InChI is InChI=1S/C13H19N3O4/c1-13(2,3)20-12(19)16-5-4-8(7-16)9-6-10(11(17)18)15-14-9/h6,8H,4-5,7H2,1-3H3,(H,14,15)(H,17,18). The lowest BCUT2D eigenvalue weighted by molar-refractivity contribution is 0.0292. The average Bonchev–Trinajstić information content (AvgIpc) is 2.95. The van der Waals surface area contributed by atoms with Crippen LogP contribution in [0.2, 0.25) is 0 Å². The van der Waals surface area contributed by atoms with Crippen LogP contribution < -0.4 is 0 Å². The molecule has 7 nitrogen and oxygen atoms in total. The van der Waals surface area contributed by atoms with Crippen molar-refractivity contribution in [3.05, 3.63) is 17.5 Å². The summed E-state index contributed by atoms with van der Waals surface area (Å²) in [5.74, 6) is -0.988. The number of aromatic amines is 1. The van der Waals surface area contributed by atoms with Crippen LogP contribution in [0.3, 0.4) is 0 Å². The number of ether oxygens (including phenoxy) is 1. The van der Waals surface area contributed by atoms with Gasteiger partial charge in [-0.05, 0) is 33.3 Å². The number of likely N-dealkylation sites (tertiary alicyclic amines) is 1. The largest absolute Gasteiger partial charge is 0.476 e. The number of aromatic nitrogens is 2. The Labute approximate surface area is 116 Å². The van der Waals surface area contributed by atoms with Crippen LogP contribution in [0, 0.1) is 0 Å². The van der Waals surface area contributed by atoms with Gasteiger partial charge in [0.25, 0.3) is 0 Å². The zero-order valence-electron chi connectivity index (χ0n) is 11.8. The average molecular weight is 281 g/mol. The summed E-state index contributed by atoms with van der Waals surface area (Å²) in [4.78, 5) is 24.4. The van der Waals surface area contributed by atoms with Crippen molar-refractivity contribution in [1.82, 2.24) is 15.1 Å². The predicted octanol–water partition coefficient (Wildman–Crippen LogP) is 1.83. The number of carboxylic acids is 1. The van der Waals surface area contributed by atoms with Crippen molar-refractivity contribution in [2.75, 3.05) is 13.1 Å². The second kappa shape index (κ2) is 5.15. The number of hydrogen-bond donors (Lipinski definition) is 2. The molecular weight excluding hydrogens is 262 g/mol. The fraction of sp³-hybridized carbons (Fsp3) is 0.615. The third-order valence-corrected chi connectivity index (χ3v) is 3.10. The number of rotatable bonds is 2. The first-order chi connectivity index (χ1) is 9.26. The van der Waals surface area contributed by atoms with E-state index in [2.05, 4.69) is 10.2 Å². The Morgan fingerprint density at radius 1 is 1.50 bits per heavy atom. The molecule has 0 spiro atoms. The molecule has 0 aromatic carbocycles. The Kier molecular flexibility index (Phi) is 3.69. The molecule has 1 aliphatic rings. The van der Waals surface area contributed by atoms with E-state index in [9.17, 15) is 9.59 Å². The van der Waals surface area contributed by atoms with Crippen molar-refractivity contribution in [2.24, 2.45) is 0 Å². The Hall–Kier alpha value is -2.05. The van der Waals surface area contributed by atoms with Gasteiger partial charge in [0.05, 0.1) is 0 Å². The van der Waals surface area contributed by atoms with Gasteiger partial charge in [0.15, 0.2) is 5.69 Å². The van der Waals surface area contributed by atoms with Crippen molar-refractivity contribution in [1.29, 1.82) is 0 Å². The van der Waals surface area contributed by atoms with Crippen LogP contribution in [0.15, 0.2) is 6.07 Å². The summed E-state index contributed by atoms with van der Waals surface area (Å²) in [5.41, 5.74) is 0.226. The molecule has 20 heavy (non-hydrogen) atoms. The maximum atomic E-state index is 11.9. The summed E-state index contributed by atoms with van der Waals surface area (Å²) in [7, 11) is 0. The summed E-state index contributed by atoms with van der Waals surface area (Å²) in [6.07, 6.45) is 0.429. The lowest BCUT2D eigenvalue weighted by atomic mass is 10.1. The van der Waals surface area contributed by atoms with E-state index in [1.54, 1.807) is 4.90 Å². The molecule has 1 fully saturated rings. The van der Waals surface area contributed by atoms with Gasteiger partial charge in [0.1, 0.15) is 5.60 Å². The Bertz CT molecular complexity index is 518. The number of carbonyl (C=O) groups excluding carboxylic acids is 1. The Morgan fingerprint density at radius 3 is 2.75 bits per heavy atom. The molecule has 1 aromatic rings. The highest BCUT2D eigenvalue weighted by Gasteiger charge is 2.31. The van der Waals surface area contributed by atoms with Crippen molar-refractivity contribution in [3.8, 4) is 0 Å². The minimum atomic E-state index is -1.06. The molecule has 0 radical (unpaired) electrons. The van der Waals surface area contributed by atoms with Crippen LogP contribution >= 0.6 is 0 Å². The van der Waals surface area contributed by atoms with Crippen LogP contribution in [0.1, 0.15) is 49.3 Å². The summed E-state index contributed by atoms with van der Waals surface area (Å²) < 4.78 is 5.32. The smallest absolute Gasteiger partial charge is 0.410 e. The van der Waals surface area contributed by atoms with Crippen LogP contribution in [0.4, 0.5) is 4.79 Å². The van der Waals surface area contributed by atoms with Crippen molar-refractivity contribution < 1.29 is 19.4 Å². The monoisotopic (exact) mass is 281 g/mol. The molecule has 2 heterocycles. The van der Waals surface area contributed by atoms with Gasteiger partial charge in [0.2, 0.25) is 0 Å². The van der Waals surface area contributed by atoms with Gasteiger partial charge >= 0.3 is 12.1 Å². The number of amides is 1. The second-order valence-electron chi connectivity index (χ2n) is 5.93. The molecule has 0 bridgehead atoms. The van der Waals surface area contributed by atoms with Gasteiger partial charge in [-0.25, -0.2) is 9.59 Å². The van der Waals surface area contributed by atoms with E-state index in [-0.39, 0.29) is 17.7 Å². The van der Waals surface area contributed by atoms with Gasteiger partial charge in [0, 0.05) is 24.7 Å². The fourth-order valence-corrected chi connectivity index (χ4v) is 2.16. The van der Waals surface area contributed by atoms with E-state index in [4.69, 9.17) is 9.84 Å². The normalized spacial score (nSPS) is 19.1. The molecule has 1 atom stereocenters. The Morgan fingerprint density at radius 2 is 2.20 bits per heavy atom. The first-order valence-corrected chi connectivity index (χ1v) is 6.53. The molecule has 7 heteroatoms. The van der Waals surface area contributed by atoms with Gasteiger partial charge in [-0.2, -0.15) is 5.10 Å². The third-order valence-electron chi connectivity index (χ3n) is 3.10. The highest BCUT2D eigenvalue weighted by Crippen LogP contribution is 2.27. The number of nitrogens with one attached hydrogen (secondary N) is 1. The number of hydrogen-bond acceptors (Lipinski definition) is 4. The fourth-order valence-electron chi connectivity index (χ4n) is 2.16. The highest BCUT2D eigenvalue weighted by atomic mass is 16.6. The molecule has 110 valence electrons. The first-order valence-electron chi connectivity index (χ1n) is 6.53. The molecule has 2 rings (SSSR count). The van der Waals surface area contributed by atoms with Crippen LogP contribution in [-0.2, 0) is 4.74 Å². The minimum Gasteiger partial charge on any atom is -0.476 e. The minimum absolute atomic E-state index is 0.00396. The third kappa shape index (κ3) is 3.28. The van der Waals surface area contributed by atoms with E-state index in [0.29, 0.717) is 13.1 Å². The van der Waals surface area contributed by atoms with E-state index < -0.39 is 11.6 Å². The lowest BCUT2D eigenvalue weighted by Crippen LogP contribution is -2.35. The molecule has 1 aliphatic heterocycles. The second-order valence-corrected chi connectivity index (χ2v) is 5.93. The van der Waals surface area contributed by atoms with Gasteiger partial charge in [-0.3, -0.25) is 5.10 Å². The van der Waals surface area contributed by atoms with Crippen molar-refractivity contribution >= 4 is 12.1 Å². The molecule has 1 saturated heterocycles. The maximum absolute atomic E-state index is 11.9. The molecule has 0 saturated carbocycles. The van der Waals surface area contributed by atoms with Crippen LogP contribution in [-0.4, -0.2) is 51.0 Å². The van der Waals surface area contributed by atoms with Crippen molar-refractivity contribution in [3.63, 3.8) is 0 Å². The SMILES string of the molecule is CC(C)(C)OC(=O)N1CCC(c2cc(C(=O)O)n[nH]2)C1. The number of aromatic carboxylic acids is 1. The highest BCUT2D eigenvalue weighted by molar-refractivity contribution is 5.85. The maximum Gasteiger partial charge on any atom is 0.410 e. The van der Waals surface area contributed by atoms with Gasteiger partial charge in [-0.1, -0.05) is 0 Å². The van der Waals surface area contributed by atoms with E-state index >= 15 is 0 Å². The number of carboxylic acid groups (broad SMARTS) is 1. The van der Waals surface area contributed by atoms with Crippen LogP contribution in [0.5, 0.6) is 0 Å². The summed E-state index contributed by atoms with van der Waals surface area (Å²) in [6, 6.07) is 1.52. The molecular formula is C13H19N3O4. The first kappa shape index (κ1) is 14.4. The molecule has 1 unspecified atom stereocenters. The number of nitrogens with zero attached hydrogens (tertiary/aromatic N) is 2. The summed E-state index contributed by atoms with van der Waals surface area (Å²) in [5, 5.41) is 15.3. The molecule has 0 aliphatic carbocycles. The van der Waals surface area contributed by atoms with Gasteiger partial charge in [-0.15, -0.1) is 0 Å². The summed E-state index contributed by atoms with van der Waals surface area (Å²) in [6.45, 7) is 6.59. The zero-order chi connectivity index (χ0) is 14.9. The predicted molar refractivity (Wildman–Crippen MR) is 70.7 cm³/mol. The lowest BCUT2D eigenvalue weighted by Gasteiger charge is -2.24. The quantitative estimate of drug-likeness (QED) is 0.862. The molecule has 1 amide bonds. The number of carbonyl (C=O) groups is 2. The molecule has 1 aromatic heterocycles. The zero-order valence-corrected chi connectivity index (χ0v) is 11.8. The van der Waals surface area contributed by atoms with Crippen molar-refractivity contribution in [2.45, 2.75) is 38.7 Å². The van der Waals surface area contributed by atoms with Gasteiger partial charge < -0.3 is 14.7 Å². The van der Waals surface area contributed by atoms with Crippen LogP contribution in [0.25, 0.3) is 0 Å². The Balaban J connectivity index is 1.98. The van der Waals surface area contributed by atoms with E-state index in [0.717, 1.165) is 12.1 Å². The number of H-pyrrole nitrogens is 1. The van der Waals surface area contributed by atoms with E-state index in [1.807, 2.05) is 20.8 Å². The molecule has 2 N–H and O–H groups in total. The van der Waals surface area contributed by atoms with E-state index in [1.165, 1.54) is 6.07 Å². The topological polar surface area (TPSA) is 95.5 Å². The summed E-state index contributed by atoms with van der Waals surface area (Å²) >= 11 is 0.